The number of benzene rings is 1. The maximum atomic E-state index is 12.7. The molecule has 7 heteroatoms. The highest BCUT2D eigenvalue weighted by Gasteiger charge is 2.50. The summed E-state index contributed by atoms with van der Waals surface area (Å²) < 4.78 is 5.46. The molecule has 2 amide bonds. The Morgan fingerprint density at radius 1 is 1.12 bits per heavy atom. The van der Waals surface area contributed by atoms with Crippen molar-refractivity contribution in [3.05, 3.63) is 48.4 Å². The number of pyridine rings is 2. The largest absolute Gasteiger partial charge is 0.444 e. The summed E-state index contributed by atoms with van der Waals surface area (Å²) in [6.07, 6.45) is 5.68. The number of nitrogens with zero attached hydrogens (tertiary/aromatic N) is 2. The van der Waals surface area contributed by atoms with Crippen LogP contribution in [0.2, 0.25) is 0 Å². The van der Waals surface area contributed by atoms with Gasteiger partial charge >= 0.3 is 6.09 Å². The molecule has 34 heavy (non-hydrogen) atoms. The zero-order valence-electron chi connectivity index (χ0n) is 20.6. The Bertz CT molecular complexity index is 1250. The van der Waals surface area contributed by atoms with Crippen molar-refractivity contribution in [1.82, 2.24) is 9.97 Å². The molecular formula is C27H32N4O3. The summed E-state index contributed by atoms with van der Waals surface area (Å²) in [7, 11) is 0. The van der Waals surface area contributed by atoms with Gasteiger partial charge in [-0.15, -0.1) is 0 Å². The summed E-state index contributed by atoms with van der Waals surface area (Å²) in [5.41, 5.74) is 2.88. The van der Waals surface area contributed by atoms with Crippen LogP contribution in [0.3, 0.4) is 0 Å². The zero-order chi connectivity index (χ0) is 24.6. The highest BCUT2D eigenvalue weighted by atomic mass is 16.6. The number of fused-ring (bicyclic) bond motifs is 1. The Morgan fingerprint density at radius 2 is 1.88 bits per heavy atom. The van der Waals surface area contributed by atoms with Crippen LogP contribution in [0.25, 0.3) is 21.9 Å². The molecule has 1 saturated carbocycles. The van der Waals surface area contributed by atoms with Gasteiger partial charge < -0.3 is 10.1 Å². The second-order valence-corrected chi connectivity index (χ2v) is 10.1. The van der Waals surface area contributed by atoms with Crippen molar-refractivity contribution in [2.24, 2.45) is 17.8 Å². The molecule has 2 aromatic heterocycles. The van der Waals surface area contributed by atoms with E-state index in [2.05, 4.69) is 34.4 Å². The van der Waals surface area contributed by atoms with Crippen molar-refractivity contribution in [3.8, 4) is 11.1 Å². The summed E-state index contributed by atoms with van der Waals surface area (Å²) >= 11 is 0. The normalized spacial score (nSPS) is 19.5. The second kappa shape index (κ2) is 9.05. The standard InChI is InChI=1S/C27H32N4O3/c1-7-19-16(3)24(19)25(32)31-23-12-18-10-17(20-13-28-9-8-15(20)2)11-22(21(18)14-29-23)30-26(33)34-27(4,5)6/h8-14,16,19,24H,7H2,1-6H3,(H,30,33)(H,29,31,32)/t16?,19-,24-/m0/s1. The van der Waals surface area contributed by atoms with E-state index in [0.717, 1.165) is 33.9 Å². The molecule has 178 valence electrons. The van der Waals surface area contributed by atoms with Crippen molar-refractivity contribution in [3.63, 3.8) is 0 Å². The van der Waals surface area contributed by atoms with Crippen molar-refractivity contribution in [1.29, 1.82) is 0 Å². The molecule has 1 fully saturated rings. The van der Waals surface area contributed by atoms with Crippen LogP contribution in [0.1, 0.15) is 46.6 Å². The Morgan fingerprint density at radius 3 is 2.53 bits per heavy atom. The summed E-state index contributed by atoms with van der Waals surface area (Å²) in [4.78, 5) is 34.0. The number of anilines is 2. The Hall–Kier alpha value is -3.48. The summed E-state index contributed by atoms with van der Waals surface area (Å²) in [6, 6.07) is 7.70. The van der Waals surface area contributed by atoms with E-state index in [1.807, 2.05) is 52.0 Å². The first-order valence-electron chi connectivity index (χ1n) is 11.7. The number of carbonyl (C=O) groups is 2. The summed E-state index contributed by atoms with van der Waals surface area (Å²) in [6.45, 7) is 11.7. The number of aryl methyl sites for hydroxylation is 1. The van der Waals surface area contributed by atoms with Gasteiger partial charge in [0, 0.05) is 35.5 Å². The van der Waals surface area contributed by atoms with Gasteiger partial charge in [-0.25, -0.2) is 9.78 Å². The number of hydrogen-bond acceptors (Lipinski definition) is 5. The van der Waals surface area contributed by atoms with Gasteiger partial charge in [0.05, 0.1) is 5.69 Å². The molecule has 0 aliphatic heterocycles. The van der Waals surface area contributed by atoms with Gasteiger partial charge in [0.1, 0.15) is 11.4 Å². The third-order valence-corrected chi connectivity index (χ3v) is 6.41. The summed E-state index contributed by atoms with van der Waals surface area (Å²) in [5.74, 6) is 1.38. The van der Waals surface area contributed by atoms with E-state index in [-0.39, 0.29) is 11.8 Å². The van der Waals surface area contributed by atoms with Gasteiger partial charge in [0.2, 0.25) is 5.91 Å². The third-order valence-electron chi connectivity index (χ3n) is 6.41. The molecular weight excluding hydrogens is 428 g/mol. The van der Waals surface area contributed by atoms with Crippen LogP contribution in [-0.2, 0) is 9.53 Å². The summed E-state index contributed by atoms with van der Waals surface area (Å²) in [5, 5.41) is 7.44. The first kappa shape index (κ1) is 23.7. The molecule has 1 unspecified atom stereocenters. The number of amides is 2. The molecule has 0 radical (unpaired) electrons. The van der Waals surface area contributed by atoms with E-state index < -0.39 is 11.7 Å². The van der Waals surface area contributed by atoms with Crippen molar-refractivity contribution in [2.75, 3.05) is 10.6 Å². The minimum Gasteiger partial charge on any atom is -0.444 e. The fourth-order valence-corrected chi connectivity index (χ4v) is 4.58. The predicted octanol–water partition coefficient (Wildman–Crippen LogP) is 6.18. The minimum absolute atomic E-state index is 0.0116. The number of rotatable bonds is 5. The average Bonchev–Trinajstić information content (AvgIpc) is 3.42. The lowest BCUT2D eigenvalue weighted by Crippen LogP contribution is -2.27. The zero-order valence-corrected chi connectivity index (χ0v) is 20.6. The van der Waals surface area contributed by atoms with E-state index in [4.69, 9.17) is 4.74 Å². The molecule has 0 bridgehead atoms. The molecule has 1 aromatic carbocycles. The SMILES string of the molecule is CC[C@H]1C(C)[C@@H]1C(=O)Nc1cc2cc(-c3cnccc3C)cc(NC(=O)OC(C)(C)C)c2cn1. The van der Waals surface area contributed by atoms with E-state index >= 15 is 0 Å². The third kappa shape index (κ3) is 5.03. The molecule has 7 nitrogen and oxygen atoms in total. The van der Waals surface area contributed by atoms with Crippen LogP contribution in [0.15, 0.2) is 42.9 Å². The Labute approximate surface area is 200 Å². The van der Waals surface area contributed by atoms with Crippen LogP contribution < -0.4 is 10.6 Å². The van der Waals surface area contributed by atoms with E-state index in [1.54, 1.807) is 18.6 Å². The molecule has 3 aromatic rings. The van der Waals surface area contributed by atoms with E-state index in [9.17, 15) is 9.59 Å². The highest BCUT2D eigenvalue weighted by Crippen LogP contribution is 2.48. The number of aromatic nitrogens is 2. The van der Waals surface area contributed by atoms with Crippen molar-refractivity contribution >= 4 is 34.3 Å². The molecule has 3 atom stereocenters. The van der Waals surface area contributed by atoms with Crippen LogP contribution in [0, 0.1) is 24.7 Å². The lowest BCUT2D eigenvalue weighted by molar-refractivity contribution is -0.117. The van der Waals surface area contributed by atoms with Crippen LogP contribution >= 0.6 is 0 Å². The minimum atomic E-state index is -0.622. The average molecular weight is 461 g/mol. The van der Waals surface area contributed by atoms with Crippen molar-refractivity contribution in [2.45, 2.75) is 53.6 Å². The fourth-order valence-electron chi connectivity index (χ4n) is 4.58. The first-order valence-corrected chi connectivity index (χ1v) is 11.7. The van der Waals surface area contributed by atoms with E-state index in [0.29, 0.717) is 23.3 Å². The predicted molar refractivity (Wildman–Crippen MR) is 135 cm³/mol. The lowest BCUT2D eigenvalue weighted by Gasteiger charge is -2.20. The maximum absolute atomic E-state index is 12.7. The second-order valence-electron chi connectivity index (χ2n) is 10.1. The smallest absolute Gasteiger partial charge is 0.412 e. The van der Waals surface area contributed by atoms with Gasteiger partial charge in [-0.1, -0.05) is 20.3 Å². The number of nitrogens with one attached hydrogen (secondary N) is 2. The molecule has 0 saturated heterocycles. The van der Waals surface area contributed by atoms with Gasteiger partial charge in [-0.05, 0) is 80.3 Å². The fraction of sp³-hybridized carbons (Fsp3) is 0.407. The number of carbonyl (C=O) groups excluding carboxylic acids is 2. The van der Waals surface area contributed by atoms with Crippen LogP contribution in [-0.4, -0.2) is 27.6 Å². The van der Waals surface area contributed by atoms with Crippen LogP contribution in [0.5, 0.6) is 0 Å². The Balaban J connectivity index is 1.72. The number of hydrogen-bond donors (Lipinski definition) is 2. The lowest BCUT2D eigenvalue weighted by atomic mass is 9.99. The Kier molecular flexibility index (Phi) is 6.30. The molecule has 2 N–H and O–H groups in total. The molecule has 0 spiro atoms. The molecule has 1 aliphatic carbocycles. The van der Waals surface area contributed by atoms with Gasteiger partial charge in [-0.2, -0.15) is 0 Å². The quantitative estimate of drug-likeness (QED) is 0.474. The van der Waals surface area contributed by atoms with Gasteiger partial charge in [-0.3, -0.25) is 15.1 Å². The van der Waals surface area contributed by atoms with Gasteiger partial charge in [0.15, 0.2) is 0 Å². The molecule has 2 heterocycles. The molecule has 4 rings (SSSR count). The number of ether oxygens (including phenoxy) is 1. The van der Waals surface area contributed by atoms with Crippen molar-refractivity contribution < 1.29 is 14.3 Å². The van der Waals surface area contributed by atoms with E-state index in [1.165, 1.54) is 0 Å². The monoisotopic (exact) mass is 460 g/mol. The topological polar surface area (TPSA) is 93.2 Å². The molecule has 1 aliphatic rings. The van der Waals surface area contributed by atoms with Crippen LogP contribution in [0.4, 0.5) is 16.3 Å². The highest BCUT2D eigenvalue weighted by molar-refractivity contribution is 6.04. The van der Waals surface area contributed by atoms with Gasteiger partial charge in [0.25, 0.3) is 0 Å². The first-order chi connectivity index (χ1) is 16.1. The maximum Gasteiger partial charge on any atom is 0.412 e.